The van der Waals surface area contributed by atoms with E-state index in [9.17, 15) is 9.59 Å². The highest BCUT2D eigenvalue weighted by Gasteiger charge is 2.30. The van der Waals surface area contributed by atoms with Crippen LogP contribution in [0, 0.1) is 5.92 Å². The lowest BCUT2D eigenvalue weighted by Gasteiger charge is -2.30. The molecule has 6 heteroatoms. The van der Waals surface area contributed by atoms with E-state index in [1.165, 1.54) is 0 Å². The third-order valence-electron chi connectivity index (χ3n) is 4.37. The summed E-state index contributed by atoms with van der Waals surface area (Å²) in [7, 11) is 0. The maximum absolute atomic E-state index is 12.4. The lowest BCUT2D eigenvalue weighted by molar-refractivity contribution is -0.121. The van der Waals surface area contributed by atoms with Gasteiger partial charge in [0.25, 0.3) is 5.91 Å². The molecule has 0 aromatic heterocycles. The average molecular weight is 401 g/mol. The first kappa shape index (κ1) is 16.1. The van der Waals surface area contributed by atoms with Crippen LogP contribution in [0.3, 0.4) is 0 Å². The van der Waals surface area contributed by atoms with E-state index in [-0.39, 0.29) is 24.3 Å². The Morgan fingerprint density at radius 1 is 1.20 bits per heavy atom. The second kappa shape index (κ2) is 6.52. The van der Waals surface area contributed by atoms with E-state index in [4.69, 9.17) is 4.74 Å². The van der Waals surface area contributed by atoms with Gasteiger partial charge in [-0.3, -0.25) is 9.59 Å². The number of hydrogen-bond acceptors (Lipinski definition) is 3. The molecule has 0 saturated heterocycles. The number of fused-ring (bicyclic) bond motifs is 1. The second-order valence-corrected chi connectivity index (χ2v) is 7.26. The Hall–Kier alpha value is -2.34. The van der Waals surface area contributed by atoms with Crippen molar-refractivity contribution in [3.05, 3.63) is 52.5 Å². The van der Waals surface area contributed by atoms with E-state index in [1.54, 1.807) is 11.0 Å². The Labute approximate surface area is 154 Å². The highest BCUT2D eigenvalue weighted by molar-refractivity contribution is 9.10. The Balaban J connectivity index is 1.60. The Kier molecular flexibility index (Phi) is 4.21. The third-order valence-corrected chi connectivity index (χ3v) is 4.90. The van der Waals surface area contributed by atoms with E-state index in [0.29, 0.717) is 23.7 Å². The summed E-state index contributed by atoms with van der Waals surface area (Å²) in [6, 6.07) is 13.3. The minimum atomic E-state index is -0.0962. The normalized spacial score (nSPS) is 16.2. The van der Waals surface area contributed by atoms with Gasteiger partial charge in [-0.1, -0.05) is 28.1 Å². The fourth-order valence-corrected chi connectivity index (χ4v) is 3.08. The zero-order chi connectivity index (χ0) is 17.4. The van der Waals surface area contributed by atoms with Crippen molar-refractivity contribution in [2.24, 2.45) is 5.92 Å². The van der Waals surface area contributed by atoms with E-state index < -0.39 is 0 Å². The van der Waals surface area contributed by atoms with Crippen LogP contribution >= 0.6 is 15.9 Å². The molecule has 5 nitrogen and oxygen atoms in total. The fraction of sp³-hybridized carbons (Fsp3) is 0.263. The highest BCUT2D eigenvalue weighted by Crippen LogP contribution is 2.36. The molecule has 2 aliphatic rings. The number of carbonyl (C=O) groups excluding carboxylic acids is 2. The molecular formula is C19H17BrN2O3. The summed E-state index contributed by atoms with van der Waals surface area (Å²) in [5, 5.41) is 2.92. The van der Waals surface area contributed by atoms with Crippen LogP contribution in [-0.4, -0.2) is 18.4 Å². The van der Waals surface area contributed by atoms with Gasteiger partial charge in [0.15, 0.2) is 6.61 Å². The number of amides is 2. The smallest absolute Gasteiger partial charge is 0.265 e. The van der Waals surface area contributed by atoms with Crippen LogP contribution in [0.25, 0.3) is 0 Å². The fourth-order valence-electron chi connectivity index (χ4n) is 2.82. The van der Waals surface area contributed by atoms with Crippen molar-refractivity contribution in [1.29, 1.82) is 0 Å². The van der Waals surface area contributed by atoms with Gasteiger partial charge in [-0.15, -0.1) is 0 Å². The van der Waals surface area contributed by atoms with Gasteiger partial charge in [0.1, 0.15) is 5.75 Å². The lowest BCUT2D eigenvalue weighted by atomic mass is 10.1. The summed E-state index contributed by atoms with van der Waals surface area (Å²) < 4.78 is 6.53. The van der Waals surface area contributed by atoms with Crippen molar-refractivity contribution in [1.82, 2.24) is 0 Å². The largest absolute Gasteiger partial charge is 0.482 e. The molecule has 1 fully saturated rings. The van der Waals surface area contributed by atoms with Crippen LogP contribution in [0.15, 0.2) is 46.9 Å². The van der Waals surface area contributed by atoms with Gasteiger partial charge < -0.3 is 15.0 Å². The molecule has 1 N–H and O–H groups in total. The summed E-state index contributed by atoms with van der Waals surface area (Å²) in [4.78, 5) is 26.1. The number of carbonyl (C=O) groups is 2. The zero-order valence-corrected chi connectivity index (χ0v) is 15.1. The summed E-state index contributed by atoms with van der Waals surface area (Å²) in [6.07, 6.45) is 1.90. The molecule has 2 aromatic carbocycles. The molecule has 4 rings (SSSR count). The van der Waals surface area contributed by atoms with Gasteiger partial charge in [0.05, 0.1) is 12.2 Å². The molecule has 0 unspecified atom stereocenters. The molecule has 0 bridgehead atoms. The van der Waals surface area contributed by atoms with Crippen LogP contribution < -0.4 is 15.0 Å². The summed E-state index contributed by atoms with van der Waals surface area (Å²) in [5.41, 5.74) is 2.40. The molecule has 0 radical (unpaired) electrons. The number of nitrogens with zero attached hydrogens (tertiary/aromatic N) is 1. The van der Waals surface area contributed by atoms with Crippen molar-refractivity contribution in [2.75, 3.05) is 16.8 Å². The predicted octanol–water partition coefficient (Wildman–Crippen LogP) is 3.72. The van der Waals surface area contributed by atoms with E-state index in [0.717, 1.165) is 22.9 Å². The summed E-state index contributed by atoms with van der Waals surface area (Å²) in [6.45, 7) is 0.486. The van der Waals surface area contributed by atoms with Gasteiger partial charge in [0, 0.05) is 16.1 Å². The topological polar surface area (TPSA) is 58.6 Å². The molecule has 0 spiro atoms. The van der Waals surface area contributed by atoms with Gasteiger partial charge in [-0.05, 0) is 48.7 Å². The monoisotopic (exact) mass is 400 g/mol. The number of ether oxygens (including phenoxy) is 1. The Morgan fingerprint density at radius 3 is 2.68 bits per heavy atom. The van der Waals surface area contributed by atoms with Crippen LogP contribution in [0.1, 0.15) is 18.4 Å². The molecule has 1 aliphatic heterocycles. The van der Waals surface area contributed by atoms with Crippen LogP contribution in [-0.2, 0) is 16.1 Å². The number of hydrogen-bond donors (Lipinski definition) is 1. The summed E-state index contributed by atoms with van der Waals surface area (Å²) >= 11 is 3.42. The molecule has 0 atom stereocenters. The summed E-state index contributed by atoms with van der Waals surface area (Å²) in [5.74, 6) is 0.734. The van der Waals surface area contributed by atoms with E-state index in [1.807, 2.05) is 36.4 Å². The van der Waals surface area contributed by atoms with Crippen molar-refractivity contribution < 1.29 is 14.3 Å². The molecule has 1 heterocycles. The molecule has 1 saturated carbocycles. The first-order valence-corrected chi connectivity index (χ1v) is 9.02. The van der Waals surface area contributed by atoms with Crippen molar-refractivity contribution in [2.45, 2.75) is 19.4 Å². The van der Waals surface area contributed by atoms with Crippen molar-refractivity contribution in [3.63, 3.8) is 0 Å². The Bertz CT molecular complexity index is 831. The van der Waals surface area contributed by atoms with Gasteiger partial charge >= 0.3 is 0 Å². The highest BCUT2D eigenvalue weighted by atomic mass is 79.9. The van der Waals surface area contributed by atoms with Crippen molar-refractivity contribution >= 4 is 39.1 Å². The molecule has 25 heavy (non-hydrogen) atoms. The minimum Gasteiger partial charge on any atom is -0.482 e. The molecular weight excluding hydrogens is 384 g/mol. The van der Waals surface area contributed by atoms with Gasteiger partial charge in [0.2, 0.25) is 5.91 Å². The molecule has 1 aliphatic carbocycles. The maximum atomic E-state index is 12.4. The number of anilines is 2. The first-order chi connectivity index (χ1) is 12.1. The van der Waals surface area contributed by atoms with Crippen molar-refractivity contribution in [3.8, 4) is 5.75 Å². The average Bonchev–Trinajstić information content (AvgIpc) is 3.44. The molecule has 2 aromatic rings. The van der Waals surface area contributed by atoms with E-state index >= 15 is 0 Å². The SMILES string of the molecule is O=C(Nc1ccc2c(c1)N(Cc1ccc(Br)cc1)C(=O)CO2)C1CC1. The Morgan fingerprint density at radius 2 is 1.96 bits per heavy atom. The zero-order valence-electron chi connectivity index (χ0n) is 13.5. The standard InChI is InChI=1S/C19H17BrN2O3/c20-14-5-1-12(2-6-14)10-22-16-9-15(21-19(24)13-3-4-13)7-8-17(16)25-11-18(22)23/h1-2,5-9,13H,3-4,10-11H2,(H,21,24). The minimum absolute atomic E-state index is 0.0251. The van der Waals surface area contributed by atoms with Gasteiger partial charge in [-0.25, -0.2) is 0 Å². The maximum Gasteiger partial charge on any atom is 0.265 e. The van der Waals surface area contributed by atoms with Crippen LogP contribution in [0.2, 0.25) is 0 Å². The quantitative estimate of drug-likeness (QED) is 0.850. The number of rotatable bonds is 4. The second-order valence-electron chi connectivity index (χ2n) is 6.34. The molecule has 2 amide bonds. The van der Waals surface area contributed by atoms with E-state index in [2.05, 4.69) is 21.2 Å². The molecule has 128 valence electrons. The predicted molar refractivity (Wildman–Crippen MR) is 98.6 cm³/mol. The number of benzene rings is 2. The third kappa shape index (κ3) is 3.54. The number of nitrogens with one attached hydrogen (secondary N) is 1. The van der Waals surface area contributed by atoms with Crippen LogP contribution in [0.4, 0.5) is 11.4 Å². The first-order valence-electron chi connectivity index (χ1n) is 8.23. The lowest BCUT2D eigenvalue weighted by Crippen LogP contribution is -2.38. The van der Waals surface area contributed by atoms with Gasteiger partial charge in [-0.2, -0.15) is 0 Å². The van der Waals surface area contributed by atoms with Crippen LogP contribution in [0.5, 0.6) is 5.75 Å². The number of halogens is 1.